The maximum absolute atomic E-state index is 15.3. The zero-order chi connectivity index (χ0) is 27.0. The SMILES string of the molecule is CC[C@H]1CN(C(C)c2ccc(OCC3CC3)cc2F)[C@H](CC)CN1c1nc(=O)n(C)c2ccc(C#N)nc12. The molecule has 2 aliphatic rings. The number of aromatic nitrogens is 3. The molecule has 3 atom stereocenters. The molecule has 1 saturated carbocycles. The molecule has 200 valence electrons. The van der Waals surface area contributed by atoms with Crippen LogP contribution in [0.1, 0.15) is 63.8 Å². The number of aryl methyl sites for hydroxylation is 1. The van der Waals surface area contributed by atoms with Gasteiger partial charge in [0.25, 0.3) is 0 Å². The van der Waals surface area contributed by atoms with Crippen LogP contribution in [0.2, 0.25) is 0 Å². The summed E-state index contributed by atoms with van der Waals surface area (Å²) in [6, 6.07) is 10.7. The largest absolute Gasteiger partial charge is 0.493 e. The van der Waals surface area contributed by atoms with Crippen molar-refractivity contribution in [2.24, 2.45) is 13.0 Å². The standard InChI is InChI=1S/C29H35FN6O2/c1-5-21-16-36(28-27-26(34(4)29(37)33-28)12-9-20(14-31)32-27)22(6-2)15-35(21)18(3)24-11-10-23(13-25(24)30)38-17-19-7-8-19/h9-13,18-19,21-22H,5-8,15-17H2,1-4H3/t18?,21-,22+/m1/s1. The van der Waals surface area contributed by atoms with Crippen LogP contribution in [0.3, 0.4) is 0 Å². The zero-order valence-electron chi connectivity index (χ0n) is 22.5. The van der Waals surface area contributed by atoms with E-state index in [1.807, 2.05) is 12.1 Å². The van der Waals surface area contributed by atoms with Gasteiger partial charge in [-0.3, -0.25) is 9.47 Å². The molecule has 1 unspecified atom stereocenters. The van der Waals surface area contributed by atoms with Crippen LogP contribution in [0.25, 0.3) is 11.0 Å². The third kappa shape index (κ3) is 4.97. The van der Waals surface area contributed by atoms with Crippen LogP contribution in [0.15, 0.2) is 35.1 Å². The molecule has 0 bridgehead atoms. The first kappa shape index (κ1) is 26.1. The van der Waals surface area contributed by atoms with Crippen molar-refractivity contribution in [2.75, 3.05) is 24.6 Å². The van der Waals surface area contributed by atoms with E-state index >= 15 is 4.39 Å². The summed E-state index contributed by atoms with van der Waals surface area (Å²) in [5.41, 5.74) is 1.77. The molecule has 1 aromatic carbocycles. The van der Waals surface area contributed by atoms with E-state index in [0.29, 0.717) is 53.8 Å². The molecule has 0 amide bonds. The maximum atomic E-state index is 15.3. The molecule has 5 rings (SSSR count). The van der Waals surface area contributed by atoms with Crippen molar-refractivity contribution in [3.8, 4) is 11.8 Å². The number of piperazine rings is 1. The van der Waals surface area contributed by atoms with Crippen LogP contribution < -0.4 is 15.3 Å². The Balaban J connectivity index is 1.45. The summed E-state index contributed by atoms with van der Waals surface area (Å²) >= 11 is 0. The fraction of sp³-hybridized carbons (Fsp3) is 0.517. The molecule has 3 aromatic rings. The number of nitriles is 1. The summed E-state index contributed by atoms with van der Waals surface area (Å²) in [5.74, 6) is 1.47. The monoisotopic (exact) mass is 518 g/mol. The van der Waals surface area contributed by atoms with Gasteiger partial charge in [-0.1, -0.05) is 19.9 Å². The Morgan fingerprint density at radius 1 is 1.13 bits per heavy atom. The van der Waals surface area contributed by atoms with Gasteiger partial charge >= 0.3 is 5.69 Å². The van der Waals surface area contributed by atoms with E-state index < -0.39 is 0 Å². The lowest BCUT2D eigenvalue weighted by atomic mass is 9.96. The van der Waals surface area contributed by atoms with E-state index in [9.17, 15) is 10.1 Å². The van der Waals surface area contributed by atoms with Crippen molar-refractivity contribution < 1.29 is 9.13 Å². The Kier molecular flexibility index (Phi) is 7.35. The average Bonchev–Trinajstić information content (AvgIpc) is 3.77. The smallest absolute Gasteiger partial charge is 0.349 e. The molecule has 1 aliphatic carbocycles. The molecule has 3 heterocycles. The molecule has 9 heteroatoms. The maximum Gasteiger partial charge on any atom is 0.349 e. The van der Waals surface area contributed by atoms with Gasteiger partial charge in [-0.05, 0) is 56.7 Å². The van der Waals surface area contributed by atoms with Gasteiger partial charge in [0.1, 0.15) is 28.8 Å². The Labute approximate surface area is 222 Å². The van der Waals surface area contributed by atoms with E-state index in [-0.39, 0.29) is 35.3 Å². The number of hydrogen-bond donors (Lipinski definition) is 0. The summed E-state index contributed by atoms with van der Waals surface area (Å²) < 4.78 is 22.5. The van der Waals surface area contributed by atoms with E-state index in [1.165, 1.54) is 23.5 Å². The van der Waals surface area contributed by atoms with Gasteiger partial charge in [-0.25, -0.2) is 14.2 Å². The van der Waals surface area contributed by atoms with E-state index in [1.54, 1.807) is 19.2 Å². The van der Waals surface area contributed by atoms with E-state index in [4.69, 9.17) is 4.74 Å². The second-order valence-corrected chi connectivity index (χ2v) is 10.5. The van der Waals surface area contributed by atoms with Gasteiger partial charge in [-0.15, -0.1) is 0 Å². The third-order valence-electron chi connectivity index (χ3n) is 8.11. The minimum Gasteiger partial charge on any atom is -0.493 e. The molecule has 1 saturated heterocycles. The Bertz CT molecular complexity index is 1430. The first-order valence-corrected chi connectivity index (χ1v) is 13.6. The van der Waals surface area contributed by atoms with Crippen molar-refractivity contribution in [3.05, 3.63) is 57.9 Å². The number of rotatable bonds is 8. The second kappa shape index (κ2) is 10.7. The fourth-order valence-corrected chi connectivity index (χ4v) is 5.50. The Morgan fingerprint density at radius 2 is 1.89 bits per heavy atom. The highest BCUT2D eigenvalue weighted by Gasteiger charge is 2.37. The number of anilines is 1. The van der Waals surface area contributed by atoms with Crippen molar-refractivity contribution in [1.29, 1.82) is 5.26 Å². The molecule has 1 aliphatic heterocycles. The predicted molar refractivity (Wildman–Crippen MR) is 145 cm³/mol. The lowest BCUT2D eigenvalue weighted by molar-refractivity contribution is 0.0989. The van der Waals surface area contributed by atoms with Crippen LogP contribution in [-0.2, 0) is 7.05 Å². The van der Waals surface area contributed by atoms with E-state index in [2.05, 4.69) is 46.6 Å². The first-order chi connectivity index (χ1) is 18.3. The topological polar surface area (TPSA) is 87.3 Å². The third-order valence-corrected chi connectivity index (χ3v) is 8.11. The van der Waals surface area contributed by atoms with Crippen LogP contribution in [0.5, 0.6) is 5.75 Å². The van der Waals surface area contributed by atoms with Gasteiger partial charge in [-0.2, -0.15) is 10.2 Å². The van der Waals surface area contributed by atoms with Crippen LogP contribution in [0.4, 0.5) is 10.2 Å². The van der Waals surface area contributed by atoms with Crippen LogP contribution >= 0.6 is 0 Å². The highest BCUT2D eigenvalue weighted by atomic mass is 19.1. The summed E-state index contributed by atoms with van der Waals surface area (Å²) in [4.78, 5) is 26.3. The van der Waals surface area contributed by atoms with Crippen molar-refractivity contribution in [3.63, 3.8) is 0 Å². The first-order valence-electron chi connectivity index (χ1n) is 13.6. The highest BCUT2D eigenvalue weighted by Crippen LogP contribution is 2.35. The number of fused-ring (bicyclic) bond motifs is 1. The summed E-state index contributed by atoms with van der Waals surface area (Å²) in [6.07, 6.45) is 4.05. The number of benzene rings is 1. The molecular formula is C29H35FN6O2. The van der Waals surface area contributed by atoms with Crippen LogP contribution in [0, 0.1) is 23.1 Å². The van der Waals surface area contributed by atoms with Gasteiger partial charge < -0.3 is 9.64 Å². The quantitative estimate of drug-likeness (QED) is 0.432. The van der Waals surface area contributed by atoms with Crippen molar-refractivity contribution >= 4 is 16.9 Å². The number of nitrogens with zero attached hydrogens (tertiary/aromatic N) is 6. The van der Waals surface area contributed by atoms with Gasteiger partial charge in [0.2, 0.25) is 0 Å². The number of ether oxygens (including phenoxy) is 1. The summed E-state index contributed by atoms with van der Waals surface area (Å²) in [7, 11) is 1.66. The fourth-order valence-electron chi connectivity index (χ4n) is 5.50. The molecule has 0 spiro atoms. The molecule has 2 aromatic heterocycles. The zero-order valence-corrected chi connectivity index (χ0v) is 22.5. The lowest BCUT2D eigenvalue weighted by Crippen LogP contribution is -2.59. The van der Waals surface area contributed by atoms with Gasteiger partial charge in [0.05, 0.1) is 12.1 Å². The summed E-state index contributed by atoms with van der Waals surface area (Å²) in [6.45, 7) is 8.25. The predicted octanol–water partition coefficient (Wildman–Crippen LogP) is 4.57. The number of halogens is 1. The molecule has 0 N–H and O–H groups in total. The van der Waals surface area contributed by atoms with Crippen molar-refractivity contribution in [2.45, 2.75) is 64.6 Å². The average molecular weight is 519 g/mol. The number of hydrogen-bond acceptors (Lipinski definition) is 7. The Morgan fingerprint density at radius 3 is 2.55 bits per heavy atom. The van der Waals surface area contributed by atoms with Crippen LogP contribution in [-0.4, -0.2) is 51.2 Å². The lowest BCUT2D eigenvalue weighted by Gasteiger charge is -2.49. The molecular weight excluding hydrogens is 483 g/mol. The van der Waals surface area contributed by atoms with Gasteiger partial charge in [0, 0.05) is 49.9 Å². The molecule has 0 radical (unpaired) electrons. The second-order valence-electron chi connectivity index (χ2n) is 10.5. The van der Waals surface area contributed by atoms with E-state index in [0.717, 1.165) is 12.8 Å². The minimum absolute atomic E-state index is 0.0415. The highest BCUT2D eigenvalue weighted by molar-refractivity contribution is 5.86. The normalized spacial score (nSPS) is 20.9. The van der Waals surface area contributed by atoms with Crippen molar-refractivity contribution in [1.82, 2.24) is 19.4 Å². The number of pyridine rings is 1. The van der Waals surface area contributed by atoms with Gasteiger partial charge in [0.15, 0.2) is 5.82 Å². The minimum atomic E-state index is -0.358. The molecule has 2 fully saturated rings. The Hall–Kier alpha value is -3.51. The summed E-state index contributed by atoms with van der Waals surface area (Å²) in [5, 5.41) is 9.44. The molecule has 38 heavy (non-hydrogen) atoms. The molecule has 8 nitrogen and oxygen atoms in total.